The van der Waals surface area contributed by atoms with Crippen LogP contribution in [0.4, 0.5) is 0 Å². The Balaban J connectivity index is 1.06. The lowest BCUT2D eigenvalue weighted by Gasteiger charge is -2.18. The summed E-state index contributed by atoms with van der Waals surface area (Å²) in [5.74, 6) is 0. The summed E-state index contributed by atoms with van der Waals surface area (Å²) in [6.07, 6.45) is 0. The molecule has 1 heteroatoms. The quantitative estimate of drug-likeness (QED) is 0.130. The van der Waals surface area contributed by atoms with E-state index in [0.29, 0.717) is 0 Å². The Hall–Kier alpha value is -7.74. The van der Waals surface area contributed by atoms with Gasteiger partial charge in [-0.15, -0.1) is 0 Å². The van der Waals surface area contributed by atoms with Crippen molar-refractivity contribution in [3.05, 3.63) is 206 Å². The number of furan rings is 1. The van der Waals surface area contributed by atoms with Crippen molar-refractivity contribution in [2.24, 2.45) is 0 Å². The predicted octanol–water partition coefficient (Wildman–Crippen LogP) is 16.7. The average Bonchev–Trinajstić information content (AvgIpc) is 3.72. The van der Waals surface area contributed by atoms with Crippen molar-refractivity contribution < 1.29 is 4.42 Å². The molecule has 0 aliphatic rings. The van der Waals surface area contributed by atoms with Gasteiger partial charge >= 0.3 is 0 Å². The van der Waals surface area contributed by atoms with Crippen LogP contribution in [0.3, 0.4) is 0 Å². The Morgan fingerprint density at radius 2 is 0.627 bits per heavy atom. The van der Waals surface area contributed by atoms with Crippen molar-refractivity contribution in [2.45, 2.75) is 0 Å². The molecule has 1 nitrogen and oxygen atoms in total. The molecule has 0 aliphatic heterocycles. The monoisotopic (exact) mass is 746 g/mol. The number of hydrogen-bond acceptors (Lipinski definition) is 1. The van der Waals surface area contributed by atoms with E-state index in [9.17, 15) is 0 Å². The van der Waals surface area contributed by atoms with Crippen molar-refractivity contribution in [1.29, 1.82) is 0 Å². The van der Waals surface area contributed by atoms with Crippen molar-refractivity contribution in [3.8, 4) is 33.4 Å². The predicted molar refractivity (Wildman–Crippen MR) is 253 cm³/mol. The molecule has 1 heterocycles. The van der Waals surface area contributed by atoms with Gasteiger partial charge in [-0.25, -0.2) is 0 Å². The molecule has 0 saturated heterocycles. The molecule has 272 valence electrons. The van der Waals surface area contributed by atoms with E-state index >= 15 is 0 Å². The fourth-order valence-electron chi connectivity index (χ4n) is 10.2. The van der Waals surface area contributed by atoms with Gasteiger partial charge in [-0.3, -0.25) is 0 Å². The SMILES string of the molecule is c1cc(-c2ccc3c4ccccc4c4c(oc5c6ccccc6c6ccccc6c54)c3c2)cc(-c2c3ccccc3c(-c3ccc4ccccc4c3)c3ccccc23)c1. The fourth-order valence-corrected chi connectivity index (χ4v) is 10.2. The van der Waals surface area contributed by atoms with Gasteiger partial charge in [-0.05, 0) is 116 Å². The zero-order chi connectivity index (χ0) is 38.6. The summed E-state index contributed by atoms with van der Waals surface area (Å²) in [6.45, 7) is 0. The van der Waals surface area contributed by atoms with E-state index < -0.39 is 0 Å². The second kappa shape index (κ2) is 12.4. The van der Waals surface area contributed by atoms with E-state index in [4.69, 9.17) is 4.42 Å². The molecule has 0 unspecified atom stereocenters. The van der Waals surface area contributed by atoms with Crippen LogP contribution in [0.5, 0.6) is 0 Å². The van der Waals surface area contributed by atoms with Gasteiger partial charge in [0.1, 0.15) is 11.2 Å². The maximum absolute atomic E-state index is 7.15. The zero-order valence-electron chi connectivity index (χ0n) is 32.0. The molecule has 0 fully saturated rings. The summed E-state index contributed by atoms with van der Waals surface area (Å²) < 4.78 is 7.15. The summed E-state index contributed by atoms with van der Waals surface area (Å²) in [5, 5.41) is 19.5. The second-order valence-corrected chi connectivity index (χ2v) is 15.9. The molecular formula is C58H34O. The standard InChI is InChI=1S/C58H34O/c1-2-15-36-32-40(29-28-35(36)14-1)54-49-25-10-8-23-47(49)53(48-24-9-11-26-50(48)54)39-17-13-16-37(33-39)38-30-31-44-42-19-4-7-22-46(42)56-55-45-21-6-3-18-41(45)43-20-5-12-27-51(43)57(55)59-58(56)52(44)34-38/h1-34H. The van der Waals surface area contributed by atoms with Crippen LogP contribution in [0.2, 0.25) is 0 Å². The topological polar surface area (TPSA) is 13.1 Å². The van der Waals surface area contributed by atoms with Crippen molar-refractivity contribution in [2.75, 3.05) is 0 Å². The van der Waals surface area contributed by atoms with Crippen LogP contribution >= 0.6 is 0 Å². The van der Waals surface area contributed by atoms with E-state index in [1.54, 1.807) is 0 Å². The van der Waals surface area contributed by atoms with Gasteiger partial charge in [-0.2, -0.15) is 0 Å². The summed E-state index contributed by atoms with van der Waals surface area (Å²) >= 11 is 0. The molecular weight excluding hydrogens is 713 g/mol. The van der Waals surface area contributed by atoms with Crippen molar-refractivity contribution in [1.82, 2.24) is 0 Å². The normalized spacial score (nSPS) is 12.1. The van der Waals surface area contributed by atoms with Crippen molar-refractivity contribution in [3.63, 3.8) is 0 Å². The molecule has 0 radical (unpaired) electrons. The van der Waals surface area contributed by atoms with Crippen LogP contribution < -0.4 is 0 Å². The van der Waals surface area contributed by atoms with E-state index in [0.717, 1.165) is 27.5 Å². The third kappa shape index (κ3) is 4.67. The first kappa shape index (κ1) is 32.4. The molecule has 59 heavy (non-hydrogen) atoms. The van der Waals surface area contributed by atoms with Crippen LogP contribution in [0.1, 0.15) is 0 Å². The first-order valence-electron chi connectivity index (χ1n) is 20.4. The molecule has 0 amide bonds. The summed E-state index contributed by atoms with van der Waals surface area (Å²) in [5.41, 5.74) is 9.19. The Morgan fingerprint density at radius 1 is 0.220 bits per heavy atom. The van der Waals surface area contributed by atoms with Crippen LogP contribution in [-0.2, 0) is 0 Å². The molecule has 13 aromatic rings. The number of fused-ring (bicyclic) bond motifs is 16. The number of hydrogen-bond donors (Lipinski definition) is 0. The first-order valence-corrected chi connectivity index (χ1v) is 20.4. The molecule has 0 N–H and O–H groups in total. The van der Waals surface area contributed by atoms with Crippen molar-refractivity contribution >= 4 is 97.3 Å². The van der Waals surface area contributed by atoms with Gasteiger partial charge < -0.3 is 4.42 Å². The largest absolute Gasteiger partial charge is 0.455 e. The molecule has 0 aliphatic carbocycles. The molecule has 1 aromatic heterocycles. The zero-order valence-corrected chi connectivity index (χ0v) is 32.0. The fraction of sp³-hybridized carbons (Fsp3) is 0. The Bertz CT molecular complexity index is 3850. The highest BCUT2D eigenvalue weighted by molar-refractivity contribution is 6.38. The van der Waals surface area contributed by atoms with E-state index in [1.165, 1.54) is 103 Å². The Kier molecular flexibility index (Phi) is 6.79. The van der Waals surface area contributed by atoms with Crippen LogP contribution in [0, 0.1) is 0 Å². The smallest absolute Gasteiger partial charge is 0.143 e. The maximum Gasteiger partial charge on any atom is 0.143 e. The molecule has 0 spiro atoms. The van der Waals surface area contributed by atoms with Gasteiger partial charge in [-0.1, -0.05) is 188 Å². The summed E-state index contributed by atoms with van der Waals surface area (Å²) in [4.78, 5) is 0. The number of benzene rings is 12. The van der Waals surface area contributed by atoms with Gasteiger partial charge in [0.05, 0.1) is 0 Å². The molecule has 12 aromatic carbocycles. The van der Waals surface area contributed by atoms with Gasteiger partial charge in [0, 0.05) is 21.5 Å². The molecule has 0 bridgehead atoms. The van der Waals surface area contributed by atoms with Crippen LogP contribution in [0.15, 0.2) is 211 Å². The molecule has 0 atom stereocenters. The molecule has 0 saturated carbocycles. The second-order valence-electron chi connectivity index (χ2n) is 15.9. The minimum atomic E-state index is 0.939. The van der Waals surface area contributed by atoms with Gasteiger partial charge in [0.15, 0.2) is 0 Å². The first-order chi connectivity index (χ1) is 29.3. The lowest BCUT2D eigenvalue weighted by atomic mass is 9.85. The third-order valence-corrected chi connectivity index (χ3v) is 12.8. The summed E-state index contributed by atoms with van der Waals surface area (Å²) in [6, 6.07) is 75.7. The highest BCUT2D eigenvalue weighted by Gasteiger charge is 2.22. The Labute approximate surface area is 340 Å². The highest BCUT2D eigenvalue weighted by Crippen LogP contribution is 2.48. The minimum absolute atomic E-state index is 0.939. The lowest BCUT2D eigenvalue weighted by molar-refractivity contribution is 0.677. The Morgan fingerprint density at radius 3 is 1.24 bits per heavy atom. The van der Waals surface area contributed by atoms with Gasteiger partial charge in [0.25, 0.3) is 0 Å². The third-order valence-electron chi connectivity index (χ3n) is 12.8. The van der Waals surface area contributed by atoms with E-state index in [-0.39, 0.29) is 0 Å². The highest BCUT2D eigenvalue weighted by atomic mass is 16.3. The van der Waals surface area contributed by atoms with Gasteiger partial charge in [0.2, 0.25) is 0 Å². The van der Waals surface area contributed by atoms with Crippen LogP contribution in [-0.4, -0.2) is 0 Å². The van der Waals surface area contributed by atoms with Crippen LogP contribution in [0.25, 0.3) is 131 Å². The molecule has 13 rings (SSSR count). The average molecular weight is 747 g/mol. The minimum Gasteiger partial charge on any atom is -0.455 e. The van der Waals surface area contributed by atoms with E-state index in [2.05, 4.69) is 206 Å². The van der Waals surface area contributed by atoms with E-state index in [1.807, 2.05) is 0 Å². The maximum atomic E-state index is 7.15. The summed E-state index contributed by atoms with van der Waals surface area (Å²) in [7, 11) is 0. The number of rotatable bonds is 3. The lowest BCUT2D eigenvalue weighted by Crippen LogP contribution is -1.91.